The van der Waals surface area contributed by atoms with Gasteiger partial charge in [0.05, 0.1) is 25.9 Å². The Morgan fingerprint density at radius 2 is 1.71 bits per heavy atom. The van der Waals surface area contributed by atoms with Gasteiger partial charge in [-0.2, -0.15) is 0 Å². The molecular formula is C30H25FN4O6. The molecule has 0 saturated carbocycles. The molecule has 5 aromatic rings. The lowest BCUT2D eigenvalue weighted by Crippen LogP contribution is -2.23. The van der Waals surface area contributed by atoms with E-state index in [1.54, 1.807) is 68.4 Å². The Bertz CT molecular complexity index is 1790. The summed E-state index contributed by atoms with van der Waals surface area (Å²) in [6.07, 6.45) is 5.45. The average molecular weight is 557 g/mol. The first-order valence-electron chi connectivity index (χ1n) is 12.4. The zero-order valence-corrected chi connectivity index (χ0v) is 22.3. The number of ether oxygens (including phenoxy) is 3. The molecule has 0 aliphatic carbocycles. The zero-order chi connectivity index (χ0) is 29.1. The first-order valence-corrected chi connectivity index (χ1v) is 12.4. The molecule has 208 valence electrons. The standard InChI is InChI=1S/C30H25FN4O6/c1-17(35-15-22(18-4-6-19(31)7-5-18)29(36)23(16-35)30(37)38)34-28-9-8-20(14-33-28)41-25-10-11-32-24-13-27(40-3)26(39-2)12-21(24)25/h4-17H,1-3H3,(H,33,34)(H,37,38). The largest absolute Gasteiger partial charge is 0.493 e. The molecule has 0 radical (unpaired) electrons. The summed E-state index contributed by atoms with van der Waals surface area (Å²) in [6.45, 7) is 1.78. The molecule has 5 rings (SSSR count). The topological polar surface area (TPSA) is 125 Å². The predicted octanol–water partition coefficient (Wildman–Crippen LogP) is 5.74. The van der Waals surface area contributed by atoms with Gasteiger partial charge in [-0.25, -0.2) is 14.2 Å². The van der Waals surface area contributed by atoms with Gasteiger partial charge in [0.2, 0.25) is 5.43 Å². The summed E-state index contributed by atoms with van der Waals surface area (Å²) in [5.74, 6) is 0.776. The van der Waals surface area contributed by atoms with E-state index in [1.165, 1.54) is 36.7 Å². The third-order valence-corrected chi connectivity index (χ3v) is 6.41. The highest BCUT2D eigenvalue weighted by molar-refractivity contribution is 5.89. The molecule has 0 amide bonds. The third-order valence-electron chi connectivity index (χ3n) is 6.41. The maximum absolute atomic E-state index is 13.4. The van der Waals surface area contributed by atoms with Crippen LogP contribution in [0.25, 0.3) is 22.0 Å². The van der Waals surface area contributed by atoms with Crippen LogP contribution in [0.4, 0.5) is 10.2 Å². The lowest BCUT2D eigenvalue weighted by Gasteiger charge is -2.20. The molecule has 0 spiro atoms. The van der Waals surface area contributed by atoms with Crippen LogP contribution in [0.15, 0.2) is 84.2 Å². The Hall–Kier alpha value is -5.45. The molecule has 2 aromatic carbocycles. The second-order valence-corrected chi connectivity index (χ2v) is 9.01. The van der Waals surface area contributed by atoms with Crippen molar-refractivity contribution in [2.45, 2.75) is 13.1 Å². The van der Waals surface area contributed by atoms with Gasteiger partial charge in [-0.05, 0) is 48.9 Å². The summed E-state index contributed by atoms with van der Waals surface area (Å²) in [4.78, 5) is 33.4. The number of carbonyl (C=O) groups is 1. The average Bonchev–Trinajstić information content (AvgIpc) is 2.98. The molecule has 0 saturated heterocycles. The van der Waals surface area contributed by atoms with Crippen molar-refractivity contribution in [1.29, 1.82) is 0 Å². The van der Waals surface area contributed by atoms with Gasteiger partial charge in [-0.3, -0.25) is 9.78 Å². The molecule has 11 heteroatoms. The predicted molar refractivity (Wildman–Crippen MR) is 151 cm³/mol. The lowest BCUT2D eigenvalue weighted by molar-refractivity contribution is 0.0694. The van der Waals surface area contributed by atoms with E-state index in [4.69, 9.17) is 14.2 Å². The summed E-state index contributed by atoms with van der Waals surface area (Å²) < 4.78 is 31.8. The maximum Gasteiger partial charge on any atom is 0.341 e. The summed E-state index contributed by atoms with van der Waals surface area (Å²) in [7, 11) is 3.11. The first-order chi connectivity index (χ1) is 19.8. The molecule has 1 atom stereocenters. The Labute approximate surface area is 233 Å². The molecule has 3 aromatic heterocycles. The lowest BCUT2D eigenvalue weighted by atomic mass is 10.0. The van der Waals surface area contributed by atoms with Gasteiger partial charge in [-0.15, -0.1) is 0 Å². The number of aromatic nitrogens is 3. The second kappa shape index (κ2) is 11.3. The number of carboxylic acids is 1. The van der Waals surface area contributed by atoms with E-state index in [-0.39, 0.29) is 5.56 Å². The second-order valence-electron chi connectivity index (χ2n) is 9.01. The van der Waals surface area contributed by atoms with Gasteiger partial charge in [0.25, 0.3) is 0 Å². The molecule has 0 bridgehead atoms. The van der Waals surface area contributed by atoms with Crippen molar-refractivity contribution in [3.8, 4) is 34.1 Å². The number of nitrogens with zero attached hydrogens (tertiary/aromatic N) is 3. The normalized spacial score (nSPS) is 11.6. The Balaban J connectivity index is 1.38. The van der Waals surface area contributed by atoms with Crippen LogP contribution in [0.1, 0.15) is 23.4 Å². The van der Waals surface area contributed by atoms with Crippen molar-refractivity contribution in [3.63, 3.8) is 0 Å². The van der Waals surface area contributed by atoms with Crippen LogP contribution in [0.2, 0.25) is 0 Å². The molecule has 3 heterocycles. The van der Waals surface area contributed by atoms with Crippen LogP contribution >= 0.6 is 0 Å². The fourth-order valence-corrected chi connectivity index (χ4v) is 4.29. The number of carboxylic acid groups (broad SMARTS) is 1. The maximum atomic E-state index is 13.4. The van der Waals surface area contributed by atoms with Gasteiger partial charge in [0, 0.05) is 35.6 Å². The quantitative estimate of drug-likeness (QED) is 0.234. The van der Waals surface area contributed by atoms with Crippen LogP contribution in [-0.2, 0) is 0 Å². The number of fused-ring (bicyclic) bond motifs is 1. The summed E-state index contributed by atoms with van der Waals surface area (Å²) in [6, 6.07) is 14.0. The Kier molecular flexibility index (Phi) is 7.51. The van der Waals surface area contributed by atoms with Crippen LogP contribution in [-0.4, -0.2) is 39.8 Å². The van der Waals surface area contributed by atoms with Crippen LogP contribution in [0.3, 0.4) is 0 Å². The van der Waals surface area contributed by atoms with E-state index in [2.05, 4.69) is 15.3 Å². The molecule has 0 aliphatic rings. The molecule has 41 heavy (non-hydrogen) atoms. The van der Waals surface area contributed by atoms with E-state index >= 15 is 0 Å². The SMILES string of the molecule is COc1cc2nccc(Oc3ccc(NC(C)n4cc(C(=O)O)c(=O)c(-c5ccc(F)cc5)c4)nc3)c2cc1OC. The van der Waals surface area contributed by atoms with Crippen molar-refractivity contribution in [3.05, 3.63) is 101 Å². The minimum atomic E-state index is -1.36. The van der Waals surface area contributed by atoms with Gasteiger partial charge in [0.1, 0.15) is 34.9 Å². The molecule has 10 nitrogen and oxygen atoms in total. The molecule has 0 aliphatic heterocycles. The smallest absolute Gasteiger partial charge is 0.341 e. The Morgan fingerprint density at radius 3 is 2.37 bits per heavy atom. The highest BCUT2D eigenvalue weighted by atomic mass is 19.1. The number of methoxy groups -OCH3 is 2. The number of benzene rings is 2. The number of aromatic carboxylic acids is 1. The van der Waals surface area contributed by atoms with E-state index < -0.39 is 28.9 Å². The molecule has 0 fully saturated rings. The molecule has 2 N–H and O–H groups in total. The monoisotopic (exact) mass is 556 g/mol. The number of halogens is 1. The molecule has 1 unspecified atom stereocenters. The number of nitrogens with one attached hydrogen (secondary N) is 1. The number of anilines is 1. The summed E-state index contributed by atoms with van der Waals surface area (Å²) >= 11 is 0. The molecular weight excluding hydrogens is 531 g/mol. The van der Waals surface area contributed by atoms with Crippen molar-refractivity contribution >= 4 is 22.7 Å². The van der Waals surface area contributed by atoms with Gasteiger partial charge >= 0.3 is 5.97 Å². The van der Waals surface area contributed by atoms with Crippen LogP contribution in [0, 0.1) is 5.82 Å². The number of rotatable bonds is 9. The number of pyridine rings is 3. The first kappa shape index (κ1) is 27.1. The highest BCUT2D eigenvalue weighted by Gasteiger charge is 2.18. The summed E-state index contributed by atoms with van der Waals surface area (Å²) in [5.41, 5.74) is 0.138. The van der Waals surface area contributed by atoms with Crippen LogP contribution in [0.5, 0.6) is 23.0 Å². The van der Waals surface area contributed by atoms with Gasteiger partial charge in [-0.1, -0.05) is 12.1 Å². The van der Waals surface area contributed by atoms with E-state index in [9.17, 15) is 19.1 Å². The number of hydrogen-bond acceptors (Lipinski definition) is 8. The van der Waals surface area contributed by atoms with E-state index in [1.807, 2.05) is 0 Å². The number of hydrogen-bond donors (Lipinski definition) is 2. The minimum Gasteiger partial charge on any atom is -0.493 e. The van der Waals surface area contributed by atoms with Crippen molar-refractivity contribution < 1.29 is 28.5 Å². The van der Waals surface area contributed by atoms with Crippen LogP contribution < -0.4 is 25.0 Å². The van der Waals surface area contributed by atoms with Gasteiger partial charge < -0.3 is 29.2 Å². The fourth-order valence-electron chi connectivity index (χ4n) is 4.29. The zero-order valence-electron chi connectivity index (χ0n) is 22.3. The minimum absolute atomic E-state index is 0.133. The van der Waals surface area contributed by atoms with Crippen molar-refractivity contribution in [2.75, 3.05) is 19.5 Å². The highest BCUT2D eigenvalue weighted by Crippen LogP contribution is 2.36. The Morgan fingerprint density at radius 1 is 0.976 bits per heavy atom. The van der Waals surface area contributed by atoms with E-state index in [0.29, 0.717) is 39.9 Å². The van der Waals surface area contributed by atoms with Gasteiger partial charge in [0.15, 0.2) is 11.5 Å². The summed E-state index contributed by atoms with van der Waals surface area (Å²) in [5, 5.41) is 13.5. The van der Waals surface area contributed by atoms with Crippen molar-refractivity contribution in [1.82, 2.24) is 14.5 Å². The van der Waals surface area contributed by atoms with Crippen molar-refractivity contribution in [2.24, 2.45) is 0 Å². The van der Waals surface area contributed by atoms with E-state index in [0.717, 1.165) is 5.39 Å². The fraction of sp³-hybridized carbons (Fsp3) is 0.133. The third kappa shape index (κ3) is 5.64.